The van der Waals surface area contributed by atoms with E-state index in [0.29, 0.717) is 4.47 Å². The van der Waals surface area contributed by atoms with Crippen LogP contribution in [0, 0.1) is 10.1 Å². The minimum absolute atomic E-state index is 0.00164. The molecule has 2 rings (SSSR count). The third kappa shape index (κ3) is 3.13. The largest absolute Gasteiger partial charge is 0.430 e. The average Bonchev–Trinajstić information content (AvgIpc) is 2.42. The molecule has 0 aliphatic heterocycles. The lowest BCUT2D eigenvalue weighted by Crippen LogP contribution is -2.10. The number of nitrogens with one attached hydrogen (secondary N) is 1. The SMILES string of the molecule is NNc1ncc(Br)c(Oc2ccc(Cl)cc2[N+](=O)[O-])n1. The van der Waals surface area contributed by atoms with Gasteiger partial charge in [0.05, 0.1) is 15.6 Å². The molecular formula is C10H7BrClN5O3. The summed E-state index contributed by atoms with van der Waals surface area (Å²) in [6, 6.07) is 4.04. The molecule has 0 saturated carbocycles. The second-order valence-corrected chi connectivity index (χ2v) is 4.75. The molecule has 0 fully saturated rings. The van der Waals surface area contributed by atoms with E-state index >= 15 is 0 Å². The van der Waals surface area contributed by atoms with Crippen LogP contribution in [-0.2, 0) is 0 Å². The highest BCUT2D eigenvalue weighted by Crippen LogP contribution is 2.35. The van der Waals surface area contributed by atoms with Gasteiger partial charge in [0.1, 0.15) is 0 Å². The molecule has 0 saturated heterocycles. The van der Waals surface area contributed by atoms with Crippen LogP contribution in [0.5, 0.6) is 11.6 Å². The number of nitro benzene ring substituents is 1. The zero-order valence-corrected chi connectivity index (χ0v) is 12.1. The standard InChI is InChI=1S/C10H7BrClN5O3/c11-6-4-14-10(16-13)15-9(6)20-8-2-1-5(12)3-7(8)17(18)19/h1-4H,13H2,(H,14,15,16). The van der Waals surface area contributed by atoms with Gasteiger partial charge < -0.3 is 4.74 Å². The Morgan fingerprint density at radius 3 is 2.90 bits per heavy atom. The molecule has 0 bridgehead atoms. The summed E-state index contributed by atoms with van der Waals surface area (Å²) in [6.07, 6.45) is 1.40. The maximum absolute atomic E-state index is 11.0. The maximum atomic E-state index is 11.0. The van der Waals surface area contributed by atoms with E-state index in [1.165, 1.54) is 24.4 Å². The Bertz CT molecular complexity index is 669. The van der Waals surface area contributed by atoms with Crippen LogP contribution < -0.4 is 16.0 Å². The molecule has 3 N–H and O–H groups in total. The number of nitrogen functional groups attached to an aromatic ring is 1. The van der Waals surface area contributed by atoms with Crippen LogP contribution in [-0.4, -0.2) is 14.9 Å². The van der Waals surface area contributed by atoms with Crippen molar-refractivity contribution in [2.24, 2.45) is 5.84 Å². The van der Waals surface area contributed by atoms with Crippen molar-refractivity contribution in [2.75, 3.05) is 5.43 Å². The van der Waals surface area contributed by atoms with Gasteiger partial charge >= 0.3 is 5.69 Å². The molecule has 0 aliphatic carbocycles. The van der Waals surface area contributed by atoms with Crippen molar-refractivity contribution in [3.63, 3.8) is 0 Å². The summed E-state index contributed by atoms with van der Waals surface area (Å²) in [5.74, 6) is 5.38. The van der Waals surface area contributed by atoms with Gasteiger partial charge in [0.25, 0.3) is 0 Å². The van der Waals surface area contributed by atoms with Crippen molar-refractivity contribution >= 4 is 39.2 Å². The lowest BCUT2D eigenvalue weighted by atomic mass is 10.3. The molecule has 104 valence electrons. The van der Waals surface area contributed by atoms with E-state index in [-0.39, 0.29) is 28.3 Å². The second-order valence-electron chi connectivity index (χ2n) is 3.46. The highest BCUT2D eigenvalue weighted by molar-refractivity contribution is 9.10. The van der Waals surface area contributed by atoms with Gasteiger partial charge in [0.15, 0.2) is 0 Å². The molecule has 0 atom stereocenters. The van der Waals surface area contributed by atoms with Gasteiger partial charge in [-0.25, -0.2) is 10.8 Å². The number of hydrogen-bond donors (Lipinski definition) is 2. The third-order valence-electron chi connectivity index (χ3n) is 2.17. The number of nitrogens with two attached hydrogens (primary N) is 1. The fourth-order valence-electron chi connectivity index (χ4n) is 1.32. The minimum Gasteiger partial charge on any atom is -0.430 e. The summed E-state index contributed by atoms with van der Waals surface area (Å²) < 4.78 is 5.82. The molecule has 10 heteroatoms. The van der Waals surface area contributed by atoms with Crippen molar-refractivity contribution in [1.29, 1.82) is 0 Å². The molecule has 0 unspecified atom stereocenters. The number of rotatable bonds is 4. The predicted molar refractivity (Wildman–Crippen MR) is 75.7 cm³/mol. The van der Waals surface area contributed by atoms with Crippen LogP contribution in [0.2, 0.25) is 5.02 Å². The normalized spacial score (nSPS) is 10.2. The first kappa shape index (κ1) is 14.4. The number of hydrogen-bond acceptors (Lipinski definition) is 7. The molecule has 0 aliphatic rings. The monoisotopic (exact) mass is 359 g/mol. The van der Waals surface area contributed by atoms with Gasteiger partial charge in [-0.3, -0.25) is 15.5 Å². The molecule has 8 nitrogen and oxygen atoms in total. The van der Waals surface area contributed by atoms with E-state index < -0.39 is 4.92 Å². The van der Waals surface area contributed by atoms with Gasteiger partial charge in [-0.05, 0) is 28.1 Å². The first-order valence-electron chi connectivity index (χ1n) is 5.12. The predicted octanol–water partition coefficient (Wildman–Crippen LogP) is 2.88. The number of nitrogens with zero attached hydrogens (tertiary/aromatic N) is 3. The zero-order chi connectivity index (χ0) is 14.7. The van der Waals surface area contributed by atoms with Crippen molar-refractivity contribution in [3.8, 4) is 11.6 Å². The van der Waals surface area contributed by atoms with Gasteiger partial charge in [-0.15, -0.1) is 0 Å². The molecule has 2 aromatic rings. The Balaban J connectivity index is 2.42. The number of benzene rings is 1. The quantitative estimate of drug-likeness (QED) is 0.489. The number of hydrazine groups is 1. The van der Waals surface area contributed by atoms with E-state index in [4.69, 9.17) is 22.2 Å². The molecule has 0 radical (unpaired) electrons. The number of halogens is 2. The molecule has 0 spiro atoms. The van der Waals surface area contributed by atoms with Crippen LogP contribution in [0.15, 0.2) is 28.9 Å². The van der Waals surface area contributed by atoms with Gasteiger partial charge in [-0.2, -0.15) is 4.98 Å². The Kier molecular flexibility index (Phi) is 4.32. The number of aromatic nitrogens is 2. The lowest BCUT2D eigenvalue weighted by Gasteiger charge is -2.08. The highest BCUT2D eigenvalue weighted by Gasteiger charge is 2.18. The number of ether oxygens (including phenoxy) is 1. The highest BCUT2D eigenvalue weighted by atomic mass is 79.9. The summed E-state index contributed by atoms with van der Waals surface area (Å²) in [5, 5.41) is 11.2. The van der Waals surface area contributed by atoms with Crippen LogP contribution in [0.4, 0.5) is 11.6 Å². The Hall–Kier alpha value is -1.97. The molecule has 1 heterocycles. The fraction of sp³-hybridized carbons (Fsp3) is 0. The fourth-order valence-corrected chi connectivity index (χ4v) is 1.75. The molecule has 1 aromatic carbocycles. The van der Waals surface area contributed by atoms with Crippen LogP contribution in [0.25, 0.3) is 0 Å². The van der Waals surface area contributed by atoms with Crippen molar-refractivity contribution in [3.05, 3.63) is 44.0 Å². The van der Waals surface area contributed by atoms with Crippen molar-refractivity contribution < 1.29 is 9.66 Å². The first-order valence-corrected chi connectivity index (χ1v) is 6.29. The smallest absolute Gasteiger partial charge is 0.313 e. The Labute approximate surface area is 126 Å². The summed E-state index contributed by atoms with van der Waals surface area (Å²) in [6.45, 7) is 0. The van der Waals surface area contributed by atoms with E-state index in [0.717, 1.165) is 0 Å². The van der Waals surface area contributed by atoms with E-state index in [1.807, 2.05) is 0 Å². The summed E-state index contributed by atoms with van der Waals surface area (Å²) in [5.41, 5.74) is 1.98. The number of nitro groups is 1. The Morgan fingerprint density at radius 2 is 2.25 bits per heavy atom. The van der Waals surface area contributed by atoms with E-state index in [9.17, 15) is 10.1 Å². The summed E-state index contributed by atoms with van der Waals surface area (Å²) in [7, 11) is 0. The Morgan fingerprint density at radius 1 is 1.50 bits per heavy atom. The maximum Gasteiger partial charge on any atom is 0.313 e. The van der Waals surface area contributed by atoms with Gasteiger partial charge in [0, 0.05) is 11.1 Å². The van der Waals surface area contributed by atoms with Crippen LogP contribution in [0.3, 0.4) is 0 Å². The molecule has 20 heavy (non-hydrogen) atoms. The molecule has 1 aromatic heterocycles. The summed E-state index contributed by atoms with van der Waals surface area (Å²) >= 11 is 8.90. The topological polar surface area (TPSA) is 116 Å². The minimum atomic E-state index is -0.599. The van der Waals surface area contributed by atoms with E-state index in [2.05, 4.69) is 31.3 Å². The average molecular weight is 361 g/mol. The zero-order valence-electron chi connectivity index (χ0n) is 9.71. The number of anilines is 1. The lowest BCUT2D eigenvalue weighted by molar-refractivity contribution is -0.385. The molecular weight excluding hydrogens is 353 g/mol. The van der Waals surface area contributed by atoms with Gasteiger partial charge in [-0.1, -0.05) is 11.6 Å². The second kappa shape index (κ2) is 5.99. The van der Waals surface area contributed by atoms with Gasteiger partial charge in [0.2, 0.25) is 17.6 Å². The third-order valence-corrected chi connectivity index (χ3v) is 2.94. The first-order chi connectivity index (χ1) is 9.51. The summed E-state index contributed by atoms with van der Waals surface area (Å²) in [4.78, 5) is 18.1. The van der Waals surface area contributed by atoms with Crippen LogP contribution >= 0.6 is 27.5 Å². The van der Waals surface area contributed by atoms with Crippen molar-refractivity contribution in [1.82, 2.24) is 9.97 Å². The van der Waals surface area contributed by atoms with E-state index in [1.54, 1.807) is 0 Å². The van der Waals surface area contributed by atoms with Crippen LogP contribution in [0.1, 0.15) is 0 Å². The molecule has 0 amide bonds. The van der Waals surface area contributed by atoms with Crippen molar-refractivity contribution in [2.45, 2.75) is 0 Å².